The summed E-state index contributed by atoms with van der Waals surface area (Å²) in [6.45, 7) is 1.50. The molecule has 1 saturated heterocycles. The number of amides is 2. The highest BCUT2D eigenvalue weighted by atomic mass is 16.4. The fourth-order valence-electron chi connectivity index (χ4n) is 2.36. The van der Waals surface area contributed by atoms with E-state index in [4.69, 9.17) is 5.11 Å². The Labute approximate surface area is 117 Å². The highest BCUT2D eigenvalue weighted by molar-refractivity contribution is 5.76. The monoisotopic (exact) mass is 280 g/mol. The summed E-state index contributed by atoms with van der Waals surface area (Å²) in [4.78, 5) is 31.6. The van der Waals surface area contributed by atoms with Crippen LogP contribution in [0, 0.1) is 5.92 Å². The number of aryl methyl sites for hydroxylation is 1. The van der Waals surface area contributed by atoms with Gasteiger partial charge in [-0.1, -0.05) is 0 Å². The van der Waals surface area contributed by atoms with Crippen LogP contribution in [0.1, 0.15) is 25.1 Å². The van der Waals surface area contributed by atoms with Gasteiger partial charge in [-0.15, -0.1) is 0 Å². The van der Waals surface area contributed by atoms with Crippen LogP contribution in [-0.2, 0) is 11.2 Å². The number of piperidine rings is 1. The molecule has 2 amide bonds. The Hall–Kier alpha value is -2.05. The number of aromatic nitrogens is 2. The molecule has 0 unspecified atom stereocenters. The van der Waals surface area contributed by atoms with E-state index in [0.717, 1.165) is 25.1 Å². The van der Waals surface area contributed by atoms with Crippen LogP contribution in [0.2, 0.25) is 0 Å². The second-order valence-corrected chi connectivity index (χ2v) is 4.99. The Balaban J connectivity index is 1.67. The van der Waals surface area contributed by atoms with E-state index in [-0.39, 0.29) is 6.03 Å². The van der Waals surface area contributed by atoms with E-state index in [1.54, 1.807) is 17.3 Å². The minimum Gasteiger partial charge on any atom is -0.481 e. The number of rotatable bonds is 5. The third-order valence-corrected chi connectivity index (χ3v) is 3.48. The third kappa shape index (κ3) is 3.97. The Kier molecular flexibility index (Phi) is 4.97. The average Bonchev–Trinajstić information content (AvgIpc) is 2.96. The van der Waals surface area contributed by atoms with Crippen LogP contribution >= 0.6 is 0 Å². The summed E-state index contributed by atoms with van der Waals surface area (Å²) in [5, 5.41) is 11.8. The van der Waals surface area contributed by atoms with Gasteiger partial charge in [0.05, 0.1) is 5.92 Å². The molecule has 0 spiro atoms. The molecule has 0 radical (unpaired) electrons. The maximum absolute atomic E-state index is 11.9. The molecular formula is C13H20N4O3. The molecule has 110 valence electrons. The van der Waals surface area contributed by atoms with Gasteiger partial charge in [-0.2, -0.15) is 0 Å². The second kappa shape index (κ2) is 6.93. The Morgan fingerprint density at radius 2 is 2.40 bits per heavy atom. The molecule has 3 N–H and O–H groups in total. The molecule has 0 saturated carbocycles. The first-order valence-corrected chi connectivity index (χ1v) is 6.90. The summed E-state index contributed by atoms with van der Waals surface area (Å²) >= 11 is 0. The van der Waals surface area contributed by atoms with Gasteiger partial charge in [0.2, 0.25) is 0 Å². The van der Waals surface area contributed by atoms with Crippen molar-refractivity contribution < 1.29 is 14.7 Å². The lowest BCUT2D eigenvalue weighted by molar-refractivity contribution is -0.143. The lowest BCUT2D eigenvalue weighted by atomic mass is 9.99. The van der Waals surface area contributed by atoms with Crippen LogP contribution in [0.25, 0.3) is 0 Å². The quantitative estimate of drug-likeness (QED) is 0.696. The van der Waals surface area contributed by atoms with E-state index in [1.165, 1.54) is 0 Å². The third-order valence-electron chi connectivity index (χ3n) is 3.48. The zero-order valence-corrected chi connectivity index (χ0v) is 11.3. The molecule has 2 rings (SSSR count). The van der Waals surface area contributed by atoms with Crippen molar-refractivity contribution in [3.63, 3.8) is 0 Å². The van der Waals surface area contributed by atoms with Crippen LogP contribution in [0.15, 0.2) is 12.4 Å². The zero-order chi connectivity index (χ0) is 14.4. The molecule has 1 aliphatic rings. The summed E-state index contributed by atoms with van der Waals surface area (Å²) < 4.78 is 0. The van der Waals surface area contributed by atoms with E-state index in [9.17, 15) is 9.59 Å². The van der Waals surface area contributed by atoms with Gasteiger partial charge in [-0.25, -0.2) is 9.78 Å². The van der Waals surface area contributed by atoms with Gasteiger partial charge in [0.15, 0.2) is 0 Å². The number of H-pyrrole nitrogens is 1. The van der Waals surface area contributed by atoms with Crippen LogP contribution < -0.4 is 5.32 Å². The van der Waals surface area contributed by atoms with Crippen LogP contribution in [0.3, 0.4) is 0 Å². The van der Waals surface area contributed by atoms with Crippen molar-refractivity contribution in [3.05, 3.63) is 18.2 Å². The van der Waals surface area contributed by atoms with Crippen molar-refractivity contribution in [1.29, 1.82) is 0 Å². The average molecular weight is 280 g/mol. The van der Waals surface area contributed by atoms with Gasteiger partial charge >= 0.3 is 12.0 Å². The summed E-state index contributed by atoms with van der Waals surface area (Å²) in [5.41, 5.74) is 0. The number of aromatic amines is 1. The predicted molar refractivity (Wildman–Crippen MR) is 72.2 cm³/mol. The number of aliphatic carboxylic acids is 1. The number of nitrogens with one attached hydrogen (secondary N) is 2. The predicted octanol–water partition coefficient (Wildman–Crippen LogP) is 0.848. The van der Waals surface area contributed by atoms with Gasteiger partial charge in [-0.3, -0.25) is 4.79 Å². The minimum atomic E-state index is -0.819. The van der Waals surface area contributed by atoms with Gasteiger partial charge in [-0.05, 0) is 19.3 Å². The number of nitrogens with zero attached hydrogens (tertiary/aromatic N) is 2. The van der Waals surface area contributed by atoms with Crippen molar-refractivity contribution >= 4 is 12.0 Å². The molecule has 1 aromatic heterocycles. The summed E-state index contributed by atoms with van der Waals surface area (Å²) in [5.74, 6) is -0.346. The molecule has 7 heteroatoms. The van der Waals surface area contributed by atoms with E-state index >= 15 is 0 Å². The van der Waals surface area contributed by atoms with E-state index in [1.807, 2.05) is 0 Å². The lowest BCUT2D eigenvalue weighted by Crippen LogP contribution is -2.47. The fourth-order valence-corrected chi connectivity index (χ4v) is 2.36. The first-order chi connectivity index (χ1) is 9.66. The topological polar surface area (TPSA) is 98.3 Å². The molecule has 1 aromatic rings. The lowest BCUT2D eigenvalue weighted by Gasteiger charge is -2.30. The standard InChI is InChI=1S/C13H20N4O3/c18-12(19)10-3-2-8-17(9-10)13(20)16-5-1-4-11-14-6-7-15-11/h6-7,10H,1-5,8-9H2,(H,14,15)(H,16,20)(H,18,19)/t10-/m0/s1. The van der Waals surface area contributed by atoms with Gasteiger partial charge in [0, 0.05) is 38.4 Å². The molecule has 2 heterocycles. The number of hydrogen-bond donors (Lipinski definition) is 3. The summed E-state index contributed by atoms with van der Waals surface area (Å²) in [6, 6.07) is -0.171. The number of imidazole rings is 1. The Morgan fingerprint density at radius 1 is 1.55 bits per heavy atom. The van der Waals surface area contributed by atoms with Crippen molar-refractivity contribution in [3.8, 4) is 0 Å². The molecule has 0 aliphatic carbocycles. The summed E-state index contributed by atoms with van der Waals surface area (Å²) in [6.07, 6.45) is 6.45. The first kappa shape index (κ1) is 14.4. The van der Waals surface area contributed by atoms with Gasteiger partial charge in [0.1, 0.15) is 5.82 Å². The Morgan fingerprint density at radius 3 is 3.10 bits per heavy atom. The maximum atomic E-state index is 11.9. The molecule has 7 nitrogen and oxygen atoms in total. The molecule has 1 atom stereocenters. The highest BCUT2D eigenvalue weighted by Gasteiger charge is 2.27. The van der Waals surface area contributed by atoms with Crippen molar-refractivity contribution in [2.24, 2.45) is 5.92 Å². The summed E-state index contributed by atoms with van der Waals surface area (Å²) in [7, 11) is 0. The number of carbonyl (C=O) groups is 2. The molecule has 0 aromatic carbocycles. The van der Waals surface area contributed by atoms with Crippen molar-refractivity contribution in [2.45, 2.75) is 25.7 Å². The zero-order valence-electron chi connectivity index (χ0n) is 11.3. The van der Waals surface area contributed by atoms with E-state index in [0.29, 0.717) is 26.1 Å². The van der Waals surface area contributed by atoms with E-state index in [2.05, 4.69) is 15.3 Å². The van der Waals surface area contributed by atoms with Crippen LogP contribution in [0.5, 0.6) is 0 Å². The molecule has 20 heavy (non-hydrogen) atoms. The first-order valence-electron chi connectivity index (χ1n) is 6.90. The number of carboxylic acid groups (broad SMARTS) is 1. The van der Waals surface area contributed by atoms with Crippen LogP contribution in [0.4, 0.5) is 4.79 Å². The van der Waals surface area contributed by atoms with Gasteiger partial charge in [0.25, 0.3) is 0 Å². The molecular weight excluding hydrogens is 260 g/mol. The number of carbonyl (C=O) groups excluding carboxylic acids is 1. The van der Waals surface area contributed by atoms with Gasteiger partial charge < -0.3 is 20.3 Å². The highest BCUT2D eigenvalue weighted by Crippen LogP contribution is 2.16. The number of urea groups is 1. The number of likely N-dealkylation sites (tertiary alicyclic amines) is 1. The van der Waals surface area contributed by atoms with Crippen molar-refractivity contribution in [1.82, 2.24) is 20.2 Å². The van der Waals surface area contributed by atoms with Crippen molar-refractivity contribution in [2.75, 3.05) is 19.6 Å². The molecule has 1 aliphatic heterocycles. The largest absolute Gasteiger partial charge is 0.481 e. The maximum Gasteiger partial charge on any atom is 0.317 e. The van der Waals surface area contributed by atoms with E-state index < -0.39 is 11.9 Å². The Bertz CT molecular complexity index is 446. The number of carboxylic acids is 1. The normalized spacial score (nSPS) is 18.8. The minimum absolute atomic E-state index is 0.171. The molecule has 0 bridgehead atoms. The second-order valence-electron chi connectivity index (χ2n) is 4.99. The SMILES string of the molecule is O=C(O)[C@H]1CCCN(C(=O)NCCCc2ncc[nH]2)C1. The van der Waals surface area contributed by atoms with Crippen LogP contribution in [-0.4, -0.2) is 51.6 Å². The molecule has 1 fully saturated rings. The smallest absolute Gasteiger partial charge is 0.317 e. The fraction of sp³-hybridized carbons (Fsp3) is 0.615. The number of hydrogen-bond acceptors (Lipinski definition) is 3.